The molecule has 0 heterocycles. The number of benzene rings is 2. The van der Waals surface area contributed by atoms with Crippen molar-refractivity contribution in [2.24, 2.45) is 17.3 Å². The molecule has 1 heteroatoms. The number of hydrogen-bond donors (Lipinski definition) is 0. The van der Waals surface area contributed by atoms with Crippen molar-refractivity contribution in [3.63, 3.8) is 0 Å². The maximum atomic E-state index is 2.66. The molecule has 0 N–H and O–H groups in total. The Labute approximate surface area is 223 Å². The second-order valence-electron chi connectivity index (χ2n) is 11.7. The van der Waals surface area contributed by atoms with Crippen molar-refractivity contribution in [2.45, 2.75) is 98.3 Å². The molecule has 2 aromatic rings. The van der Waals surface area contributed by atoms with Crippen molar-refractivity contribution in [1.29, 1.82) is 0 Å². The van der Waals surface area contributed by atoms with Crippen molar-refractivity contribution in [3.8, 4) is 0 Å². The maximum Gasteiger partial charge on any atom is -0.00247 e. The van der Waals surface area contributed by atoms with Crippen LogP contribution in [0.25, 0.3) is 0 Å². The van der Waals surface area contributed by atoms with Gasteiger partial charge in [-0.1, -0.05) is 81.0 Å². The average Bonchev–Trinajstić information content (AvgIpc) is 3.23. The molecule has 0 saturated heterocycles. The number of nitrogens with zero attached hydrogens (tertiary/aromatic N) is 1. The number of unbranched alkanes of at least 4 members (excludes halogenated alkanes) is 2. The van der Waals surface area contributed by atoms with E-state index in [9.17, 15) is 0 Å². The van der Waals surface area contributed by atoms with E-state index in [0.29, 0.717) is 5.41 Å². The quantitative estimate of drug-likeness (QED) is 0.300. The molecular formula is C35H53N. The molecule has 2 fully saturated rings. The third-order valence-electron chi connectivity index (χ3n) is 9.36. The first-order valence-electron chi connectivity index (χ1n) is 14.8. The lowest BCUT2D eigenvalue weighted by atomic mass is 9.55. The Morgan fingerprint density at radius 2 is 1.53 bits per heavy atom. The van der Waals surface area contributed by atoms with Gasteiger partial charge >= 0.3 is 0 Å². The lowest BCUT2D eigenvalue weighted by molar-refractivity contribution is 0.0812. The Balaban J connectivity index is 0.000000305. The fourth-order valence-electron chi connectivity index (χ4n) is 7.22. The van der Waals surface area contributed by atoms with Crippen molar-refractivity contribution in [3.05, 3.63) is 82.4 Å². The summed E-state index contributed by atoms with van der Waals surface area (Å²) in [6.07, 6.45) is 15.0. The van der Waals surface area contributed by atoms with Gasteiger partial charge in [0.2, 0.25) is 0 Å². The molecule has 0 aliphatic heterocycles. The van der Waals surface area contributed by atoms with Crippen molar-refractivity contribution in [2.75, 3.05) is 20.6 Å². The third-order valence-corrected chi connectivity index (χ3v) is 9.36. The normalized spacial score (nSPS) is 27.2. The number of aryl methyl sites for hydroxylation is 3. The molecule has 36 heavy (non-hydrogen) atoms. The van der Waals surface area contributed by atoms with Crippen LogP contribution in [0.15, 0.2) is 60.2 Å². The van der Waals surface area contributed by atoms with Crippen LogP contribution in [-0.2, 0) is 6.42 Å². The van der Waals surface area contributed by atoms with Crippen LogP contribution in [0.3, 0.4) is 0 Å². The highest BCUT2D eigenvalue weighted by Crippen LogP contribution is 2.62. The van der Waals surface area contributed by atoms with Gasteiger partial charge < -0.3 is 4.90 Å². The summed E-state index contributed by atoms with van der Waals surface area (Å²) < 4.78 is 0. The van der Waals surface area contributed by atoms with Gasteiger partial charge in [0.1, 0.15) is 0 Å². The molecule has 2 saturated carbocycles. The first kappa shape index (κ1) is 28.7. The van der Waals surface area contributed by atoms with E-state index >= 15 is 0 Å². The van der Waals surface area contributed by atoms with Gasteiger partial charge in [-0.15, -0.1) is 0 Å². The molecule has 198 valence electrons. The molecule has 5 rings (SSSR count). The summed E-state index contributed by atoms with van der Waals surface area (Å²) in [7, 11) is 4.36. The van der Waals surface area contributed by atoms with E-state index < -0.39 is 0 Å². The topological polar surface area (TPSA) is 3.24 Å². The predicted molar refractivity (Wildman–Crippen MR) is 159 cm³/mol. The molecule has 4 atom stereocenters. The van der Waals surface area contributed by atoms with E-state index in [-0.39, 0.29) is 0 Å². The van der Waals surface area contributed by atoms with Crippen LogP contribution in [-0.4, -0.2) is 25.5 Å². The van der Waals surface area contributed by atoms with Crippen molar-refractivity contribution < 1.29 is 0 Å². The fraction of sp³-hybridized carbons (Fsp3) is 0.600. The van der Waals surface area contributed by atoms with Crippen molar-refractivity contribution >= 4 is 0 Å². The molecule has 2 aromatic carbocycles. The Morgan fingerprint density at radius 3 is 2.19 bits per heavy atom. The summed E-state index contributed by atoms with van der Waals surface area (Å²) in [5.41, 5.74) is 8.42. The Morgan fingerprint density at radius 1 is 0.861 bits per heavy atom. The Kier molecular flexibility index (Phi) is 10.9. The second kappa shape index (κ2) is 13.6. The standard InChI is InChI=1S/C25H37N.C8H10.C2H6/c1-25-17-16-22-21-11-7-6-9-19(21)12-14-23(22)24(25)15-13-20(25)10-5-4-8-18-26(2)3;1-7-5-3-4-6-8(7)2;1-2/h6-7,9-11,22-24H,4-5,8,12-18H2,1-3H3;3-6H,1-2H3;1-2H3/b20-10+;;. The highest BCUT2D eigenvalue weighted by Gasteiger charge is 2.52. The van der Waals surface area contributed by atoms with Gasteiger partial charge in [-0.05, 0) is 138 Å². The smallest absolute Gasteiger partial charge is 0.00247 e. The fourth-order valence-corrected chi connectivity index (χ4v) is 7.22. The van der Waals surface area contributed by atoms with Gasteiger partial charge in [-0.3, -0.25) is 0 Å². The Hall–Kier alpha value is -1.86. The monoisotopic (exact) mass is 487 g/mol. The van der Waals surface area contributed by atoms with Crippen LogP contribution in [0.1, 0.15) is 100 Å². The van der Waals surface area contributed by atoms with Gasteiger partial charge in [-0.25, -0.2) is 0 Å². The van der Waals surface area contributed by atoms with Crippen molar-refractivity contribution in [1.82, 2.24) is 4.90 Å². The average molecular weight is 488 g/mol. The second-order valence-corrected chi connectivity index (χ2v) is 11.7. The molecule has 0 radical (unpaired) electrons. The molecule has 0 bridgehead atoms. The molecule has 0 aromatic heterocycles. The van der Waals surface area contributed by atoms with E-state index in [0.717, 1.165) is 17.8 Å². The van der Waals surface area contributed by atoms with Crippen LogP contribution in [0, 0.1) is 31.1 Å². The summed E-state index contributed by atoms with van der Waals surface area (Å²) in [6, 6.07) is 17.7. The van der Waals surface area contributed by atoms with Crippen LogP contribution >= 0.6 is 0 Å². The predicted octanol–water partition coefficient (Wildman–Crippen LogP) is 9.53. The summed E-state index contributed by atoms with van der Waals surface area (Å²) in [4.78, 5) is 2.31. The highest BCUT2D eigenvalue weighted by molar-refractivity contribution is 5.36. The molecule has 3 aliphatic rings. The summed E-state index contributed by atoms with van der Waals surface area (Å²) in [5.74, 6) is 2.71. The molecule has 3 aliphatic carbocycles. The first-order valence-corrected chi connectivity index (χ1v) is 14.8. The largest absolute Gasteiger partial charge is 0.309 e. The molecule has 0 amide bonds. The maximum absolute atomic E-state index is 2.66. The zero-order valence-corrected chi connectivity index (χ0v) is 24.4. The molecule has 1 nitrogen and oxygen atoms in total. The summed E-state index contributed by atoms with van der Waals surface area (Å²) >= 11 is 0. The number of fused-ring (bicyclic) bond motifs is 5. The molecule has 4 unspecified atom stereocenters. The SMILES string of the molecule is CC.CN(C)CCCC/C=C1\CCC2C3CCc4ccccc4C3CCC12C.Cc1ccccc1C. The first-order chi connectivity index (χ1) is 17.4. The van der Waals surface area contributed by atoms with E-state index in [1.54, 1.807) is 11.1 Å². The van der Waals surface area contributed by atoms with Crippen LogP contribution in [0.4, 0.5) is 0 Å². The molecule has 0 spiro atoms. The van der Waals surface area contributed by atoms with Crippen LogP contribution < -0.4 is 0 Å². The van der Waals surface area contributed by atoms with Gasteiger partial charge in [0.25, 0.3) is 0 Å². The number of hydrogen-bond acceptors (Lipinski definition) is 1. The summed E-state index contributed by atoms with van der Waals surface area (Å²) in [5, 5.41) is 0. The summed E-state index contributed by atoms with van der Waals surface area (Å²) in [6.45, 7) is 12.1. The minimum Gasteiger partial charge on any atom is -0.309 e. The molecular weight excluding hydrogens is 434 g/mol. The lowest BCUT2D eigenvalue weighted by Gasteiger charge is -2.49. The zero-order valence-electron chi connectivity index (χ0n) is 24.4. The van der Waals surface area contributed by atoms with E-state index in [4.69, 9.17) is 0 Å². The third kappa shape index (κ3) is 6.71. The van der Waals surface area contributed by atoms with E-state index in [1.807, 2.05) is 19.4 Å². The minimum absolute atomic E-state index is 0.509. The van der Waals surface area contributed by atoms with Gasteiger partial charge in [0, 0.05) is 0 Å². The zero-order chi connectivity index (χ0) is 26.1. The number of rotatable bonds is 5. The van der Waals surface area contributed by atoms with Gasteiger partial charge in [0.05, 0.1) is 0 Å². The van der Waals surface area contributed by atoms with Gasteiger partial charge in [-0.2, -0.15) is 0 Å². The van der Waals surface area contributed by atoms with E-state index in [2.05, 4.69) is 94.4 Å². The highest BCUT2D eigenvalue weighted by atomic mass is 15.0. The van der Waals surface area contributed by atoms with E-state index in [1.165, 1.54) is 75.5 Å². The van der Waals surface area contributed by atoms with Gasteiger partial charge in [0.15, 0.2) is 0 Å². The van der Waals surface area contributed by atoms with Crippen LogP contribution in [0.5, 0.6) is 0 Å². The Bertz CT molecular complexity index is 949. The minimum atomic E-state index is 0.509. The van der Waals surface area contributed by atoms with Crippen LogP contribution in [0.2, 0.25) is 0 Å². The lowest BCUT2D eigenvalue weighted by Crippen LogP contribution is -2.40. The number of allylic oxidation sites excluding steroid dienone is 2.